The smallest absolute Gasteiger partial charge is 0.306 e. The lowest BCUT2D eigenvalue weighted by molar-refractivity contribution is -0.148. The molecule has 2 aromatic rings. The number of esters is 1. The number of carbonyl (C=O) groups is 2. The SMILES string of the molecule is COc1cc(CCC(=O)OCC(=O)NCCc2ccccc2)cc(OC)c1OC. The van der Waals surface area contributed by atoms with Gasteiger partial charge < -0.3 is 24.3 Å². The third-order valence-corrected chi connectivity index (χ3v) is 4.29. The Balaban J connectivity index is 1.74. The summed E-state index contributed by atoms with van der Waals surface area (Å²) in [4.78, 5) is 23.8. The fourth-order valence-corrected chi connectivity index (χ4v) is 2.79. The average Bonchev–Trinajstić information content (AvgIpc) is 2.76. The molecule has 0 unspecified atom stereocenters. The molecular weight excluding hydrogens is 374 g/mol. The Hall–Kier alpha value is -3.22. The fourth-order valence-electron chi connectivity index (χ4n) is 2.79. The van der Waals surface area contributed by atoms with Crippen LogP contribution in [-0.2, 0) is 27.2 Å². The van der Waals surface area contributed by atoms with Crippen molar-refractivity contribution in [3.8, 4) is 17.2 Å². The molecule has 0 fully saturated rings. The van der Waals surface area contributed by atoms with Crippen molar-refractivity contribution in [3.05, 3.63) is 53.6 Å². The molecule has 0 aliphatic carbocycles. The molecule has 29 heavy (non-hydrogen) atoms. The van der Waals surface area contributed by atoms with Crippen LogP contribution in [-0.4, -0.2) is 46.4 Å². The van der Waals surface area contributed by atoms with Crippen molar-refractivity contribution in [2.24, 2.45) is 0 Å². The number of ether oxygens (including phenoxy) is 4. The largest absolute Gasteiger partial charge is 0.493 e. The minimum Gasteiger partial charge on any atom is -0.493 e. The molecule has 0 spiro atoms. The van der Waals surface area contributed by atoms with Crippen LogP contribution >= 0.6 is 0 Å². The lowest BCUT2D eigenvalue weighted by atomic mass is 10.1. The van der Waals surface area contributed by atoms with E-state index in [9.17, 15) is 9.59 Å². The first-order valence-corrected chi connectivity index (χ1v) is 9.32. The van der Waals surface area contributed by atoms with E-state index < -0.39 is 5.97 Å². The molecule has 0 aliphatic heterocycles. The van der Waals surface area contributed by atoms with Gasteiger partial charge >= 0.3 is 5.97 Å². The van der Waals surface area contributed by atoms with Crippen molar-refractivity contribution in [2.45, 2.75) is 19.3 Å². The van der Waals surface area contributed by atoms with E-state index in [0.717, 1.165) is 17.5 Å². The monoisotopic (exact) mass is 401 g/mol. The molecule has 0 saturated carbocycles. The Labute approximate surface area is 170 Å². The van der Waals surface area contributed by atoms with Gasteiger partial charge in [-0.05, 0) is 36.1 Å². The number of carbonyl (C=O) groups excluding carboxylic acids is 2. The molecular formula is C22H27NO6. The van der Waals surface area contributed by atoms with E-state index in [-0.39, 0.29) is 18.9 Å². The summed E-state index contributed by atoms with van der Waals surface area (Å²) in [5.74, 6) is 0.772. The maximum absolute atomic E-state index is 12.0. The normalized spacial score (nSPS) is 10.2. The van der Waals surface area contributed by atoms with Gasteiger partial charge in [-0.25, -0.2) is 0 Å². The summed E-state index contributed by atoms with van der Waals surface area (Å²) in [6, 6.07) is 13.4. The van der Waals surface area contributed by atoms with Crippen LogP contribution in [0.4, 0.5) is 0 Å². The molecule has 0 radical (unpaired) electrons. The highest BCUT2D eigenvalue weighted by Crippen LogP contribution is 2.38. The third kappa shape index (κ3) is 7.03. The molecule has 0 aromatic heterocycles. The van der Waals surface area contributed by atoms with Crippen LogP contribution in [0.25, 0.3) is 0 Å². The zero-order valence-electron chi connectivity index (χ0n) is 17.0. The van der Waals surface area contributed by atoms with E-state index in [0.29, 0.717) is 30.2 Å². The van der Waals surface area contributed by atoms with Crippen molar-refractivity contribution in [1.29, 1.82) is 0 Å². The summed E-state index contributed by atoms with van der Waals surface area (Å²) in [6.07, 6.45) is 1.28. The van der Waals surface area contributed by atoms with Crippen LogP contribution in [0.5, 0.6) is 17.2 Å². The third-order valence-electron chi connectivity index (χ3n) is 4.29. The molecule has 0 atom stereocenters. The number of benzene rings is 2. The van der Waals surface area contributed by atoms with Gasteiger partial charge in [0.2, 0.25) is 5.75 Å². The van der Waals surface area contributed by atoms with Gasteiger partial charge in [-0.3, -0.25) is 9.59 Å². The first-order valence-electron chi connectivity index (χ1n) is 9.32. The second kappa shape index (κ2) is 11.6. The van der Waals surface area contributed by atoms with Gasteiger partial charge in [0, 0.05) is 13.0 Å². The van der Waals surface area contributed by atoms with Crippen LogP contribution in [0.3, 0.4) is 0 Å². The molecule has 0 heterocycles. The van der Waals surface area contributed by atoms with E-state index >= 15 is 0 Å². The number of nitrogens with one attached hydrogen (secondary N) is 1. The van der Waals surface area contributed by atoms with Gasteiger partial charge in [0.1, 0.15) is 0 Å². The number of aryl methyl sites for hydroxylation is 1. The minimum absolute atomic E-state index is 0.135. The molecule has 2 rings (SSSR count). The van der Waals surface area contributed by atoms with E-state index in [1.54, 1.807) is 12.1 Å². The summed E-state index contributed by atoms with van der Waals surface area (Å²) in [5.41, 5.74) is 1.97. The molecule has 1 amide bonds. The number of hydrogen-bond acceptors (Lipinski definition) is 6. The molecule has 0 bridgehead atoms. The highest BCUT2D eigenvalue weighted by atomic mass is 16.5. The number of methoxy groups -OCH3 is 3. The van der Waals surface area contributed by atoms with Crippen LogP contribution < -0.4 is 19.5 Å². The molecule has 0 aliphatic rings. The van der Waals surface area contributed by atoms with Gasteiger partial charge in [-0.2, -0.15) is 0 Å². The highest BCUT2D eigenvalue weighted by molar-refractivity contribution is 5.80. The summed E-state index contributed by atoms with van der Waals surface area (Å²) in [6.45, 7) is 0.203. The first-order chi connectivity index (χ1) is 14.1. The van der Waals surface area contributed by atoms with Crippen molar-refractivity contribution in [2.75, 3.05) is 34.5 Å². The number of amides is 1. The lowest BCUT2D eigenvalue weighted by Crippen LogP contribution is -2.30. The van der Waals surface area contributed by atoms with Gasteiger partial charge in [-0.1, -0.05) is 30.3 Å². The molecule has 1 N–H and O–H groups in total. The Kier molecular flexibility index (Phi) is 8.82. The topological polar surface area (TPSA) is 83.1 Å². The number of hydrogen-bond donors (Lipinski definition) is 1. The second-order valence-electron chi connectivity index (χ2n) is 6.28. The summed E-state index contributed by atoms with van der Waals surface area (Å²) < 4.78 is 20.9. The van der Waals surface area contributed by atoms with E-state index in [1.807, 2.05) is 30.3 Å². The van der Waals surface area contributed by atoms with Crippen LogP contribution in [0.1, 0.15) is 17.5 Å². The Morgan fingerprint density at radius 3 is 2.10 bits per heavy atom. The average molecular weight is 401 g/mol. The molecule has 7 nitrogen and oxygen atoms in total. The van der Waals surface area contributed by atoms with Crippen molar-refractivity contribution < 1.29 is 28.5 Å². The zero-order valence-corrected chi connectivity index (χ0v) is 17.0. The van der Waals surface area contributed by atoms with E-state index in [4.69, 9.17) is 18.9 Å². The highest BCUT2D eigenvalue weighted by Gasteiger charge is 2.14. The number of rotatable bonds is 11. The van der Waals surface area contributed by atoms with Gasteiger partial charge in [0.05, 0.1) is 21.3 Å². The van der Waals surface area contributed by atoms with E-state index in [2.05, 4.69) is 5.32 Å². The second-order valence-corrected chi connectivity index (χ2v) is 6.28. The predicted octanol–water partition coefficient (Wildman–Crippen LogP) is 2.55. The quantitative estimate of drug-likeness (QED) is 0.583. The van der Waals surface area contributed by atoms with Gasteiger partial charge in [-0.15, -0.1) is 0 Å². The molecule has 7 heteroatoms. The van der Waals surface area contributed by atoms with Gasteiger partial charge in [0.15, 0.2) is 18.1 Å². The lowest BCUT2D eigenvalue weighted by Gasteiger charge is -2.14. The maximum atomic E-state index is 12.0. The minimum atomic E-state index is -0.447. The van der Waals surface area contributed by atoms with Crippen LogP contribution in [0.2, 0.25) is 0 Å². The molecule has 2 aromatic carbocycles. The zero-order chi connectivity index (χ0) is 21.1. The van der Waals surface area contributed by atoms with Crippen LogP contribution in [0, 0.1) is 0 Å². The van der Waals surface area contributed by atoms with Crippen LogP contribution in [0.15, 0.2) is 42.5 Å². The summed E-state index contributed by atoms with van der Waals surface area (Å²) >= 11 is 0. The Bertz CT molecular complexity index is 781. The standard InChI is InChI=1S/C22H27NO6/c1-26-18-13-17(14-19(27-2)22(18)28-3)9-10-21(25)29-15-20(24)23-12-11-16-7-5-4-6-8-16/h4-8,13-14H,9-12,15H2,1-3H3,(H,23,24). The van der Waals surface area contributed by atoms with Crippen molar-refractivity contribution >= 4 is 11.9 Å². The summed E-state index contributed by atoms with van der Waals surface area (Å²) in [5, 5.41) is 2.74. The van der Waals surface area contributed by atoms with Gasteiger partial charge in [0.25, 0.3) is 5.91 Å². The molecule has 0 saturated heterocycles. The maximum Gasteiger partial charge on any atom is 0.306 e. The Morgan fingerprint density at radius 2 is 1.52 bits per heavy atom. The van der Waals surface area contributed by atoms with Crippen molar-refractivity contribution in [1.82, 2.24) is 5.32 Å². The molecule has 156 valence electrons. The summed E-state index contributed by atoms with van der Waals surface area (Å²) in [7, 11) is 4.60. The van der Waals surface area contributed by atoms with Crippen molar-refractivity contribution in [3.63, 3.8) is 0 Å². The Morgan fingerprint density at radius 1 is 0.862 bits per heavy atom. The fraction of sp³-hybridized carbons (Fsp3) is 0.364. The van der Waals surface area contributed by atoms with E-state index in [1.165, 1.54) is 21.3 Å². The predicted molar refractivity (Wildman–Crippen MR) is 109 cm³/mol. The first kappa shape index (κ1) is 22.1.